The van der Waals surface area contributed by atoms with Gasteiger partial charge in [0.05, 0.1) is 0 Å². The summed E-state index contributed by atoms with van der Waals surface area (Å²) in [6.45, 7) is 14.9. The van der Waals surface area contributed by atoms with Crippen molar-refractivity contribution in [3.8, 4) is 0 Å². The van der Waals surface area contributed by atoms with Gasteiger partial charge in [0.25, 0.3) is 0 Å². The van der Waals surface area contributed by atoms with Gasteiger partial charge in [-0.05, 0) is 100 Å². The zero-order valence-corrected chi connectivity index (χ0v) is 21.3. The molecule has 0 heterocycles. The molecular weight excluding hydrogens is 398 g/mol. The second-order valence-electron chi connectivity index (χ2n) is 9.90. The molecule has 2 fully saturated rings. The van der Waals surface area contributed by atoms with Crippen molar-refractivity contribution in [3.05, 3.63) is 60.2 Å². The molecule has 0 N–H and O–H groups in total. The van der Waals surface area contributed by atoms with E-state index in [1.54, 1.807) is 25.0 Å². The summed E-state index contributed by atoms with van der Waals surface area (Å²) in [6.07, 6.45) is 21.4. The predicted molar refractivity (Wildman–Crippen MR) is 137 cm³/mol. The molecule has 0 unspecified atom stereocenters. The normalized spacial score (nSPS) is 24.9. The van der Waals surface area contributed by atoms with E-state index in [-0.39, 0.29) is 0 Å². The Kier molecular flexibility index (Phi) is 14.5. The van der Waals surface area contributed by atoms with Crippen molar-refractivity contribution in [1.82, 2.24) is 0 Å². The van der Waals surface area contributed by atoms with Crippen LogP contribution in [0.3, 0.4) is 0 Å². The molecule has 182 valence electrons. The van der Waals surface area contributed by atoms with E-state index in [1.165, 1.54) is 71.6 Å². The molecule has 1 aromatic rings. The Hall–Kier alpha value is -1.44. The van der Waals surface area contributed by atoms with Crippen molar-refractivity contribution >= 4 is 0 Å². The third-order valence-corrected chi connectivity index (χ3v) is 7.40. The van der Waals surface area contributed by atoms with Gasteiger partial charge in [0.2, 0.25) is 0 Å². The van der Waals surface area contributed by atoms with Crippen LogP contribution in [0.2, 0.25) is 0 Å². The number of allylic oxidation sites excluding steroid dienone is 2. The zero-order valence-electron chi connectivity index (χ0n) is 21.3. The van der Waals surface area contributed by atoms with Crippen LogP contribution >= 0.6 is 0 Å². The molecule has 2 aliphatic rings. The Morgan fingerprint density at radius 2 is 1.16 bits per heavy atom. The highest BCUT2D eigenvalue weighted by atomic mass is 19.2. The maximum Gasteiger partial charge on any atom is 0.161 e. The maximum atomic E-state index is 12.6. The third-order valence-electron chi connectivity index (χ3n) is 7.40. The van der Waals surface area contributed by atoms with Crippen molar-refractivity contribution in [3.63, 3.8) is 0 Å². The van der Waals surface area contributed by atoms with Gasteiger partial charge in [-0.15, -0.1) is 13.2 Å². The van der Waals surface area contributed by atoms with Crippen molar-refractivity contribution < 1.29 is 8.78 Å². The second-order valence-corrected chi connectivity index (χ2v) is 9.90. The van der Waals surface area contributed by atoms with Crippen LogP contribution in [0.1, 0.15) is 102 Å². The lowest BCUT2D eigenvalue weighted by molar-refractivity contribution is 0.144. The predicted octanol–water partition coefficient (Wildman–Crippen LogP) is 10.1. The first kappa shape index (κ1) is 28.6. The van der Waals surface area contributed by atoms with Crippen LogP contribution in [0.4, 0.5) is 8.78 Å². The fraction of sp³-hybridized carbons (Fsp3) is 0.667. The largest absolute Gasteiger partial charge is 0.203 e. The molecule has 2 heteroatoms. The molecule has 0 aromatic heterocycles. The number of aryl methyl sites for hydroxylation is 2. The molecular formula is C30H48F2. The van der Waals surface area contributed by atoms with Crippen molar-refractivity contribution in [1.29, 1.82) is 0 Å². The quantitative estimate of drug-likeness (QED) is 0.381. The molecule has 0 amide bonds. The monoisotopic (exact) mass is 446 g/mol. The first-order valence-electron chi connectivity index (χ1n) is 13.0. The van der Waals surface area contributed by atoms with Gasteiger partial charge in [-0.3, -0.25) is 0 Å². The van der Waals surface area contributed by atoms with E-state index in [4.69, 9.17) is 0 Å². The van der Waals surface area contributed by atoms with Gasteiger partial charge in [0.15, 0.2) is 11.6 Å². The molecule has 2 saturated carbocycles. The average Bonchev–Trinajstić information content (AvgIpc) is 2.82. The Labute approximate surface area is 197 Å². The SMILES string of the molecule is C=CCC.C=CCC1CCC(C2CCC(CCC)CC2)CC1.Cc1ccc(C)c(F)c1F. The van der Waals surface area contributed by atoms with Gasteiger partial charge >= 0.3 is 0 Å². The summed E-state index contributed by atoms with van der Waals surface area (Å²) in [5, 5.41) is 0. The lowest BCUT2D eigenvalue weighted by atomic mass is 9.68. The van der Waals surface area contributed by atoms with E-state index >= 15 is 0 Å². The number of rotatable bonds is 6. The van der Waals surface area contributed by atoms with Crippen LogP contribution in [-0.4, -0.2) is 0 Å². The summed E-state index contributed by atoms with van der Waals surface area (Å²) < 4.78 is 25.2. The number of hydrogen-bond donors (Lipinski definition) is 0. The molecule has 0 nitrogen and oxygen atoms in total. The molecule has 0 bridgehead atoms. The van der Waals surface area contributed by atoms with Gasteiger partial charge in [-0.1, -0.05) is 63.8 Å². The number of benzene rings is 1. The molecule has 1 aromatic carbocycles. The van der Waals surface area contributed by atoms with Crippen LogP contribution in [0, 0.1) is 49.2 Å². The molecule has 0 aliphatic heterocycles. The summed E-state index contributed by atoms with van der Waals surface area (Å²) in [5.74, 6) is 2.73. The summed E-state index contributed by atoms with van der Waals surface area (Å²) in [5.41, 5.74) is 0.700. The van der Waals surface area contributed by atoms with Crippen LogP contribution in [0.5, 0.6) is 0 Å². The van der Waals surface area contributed by atoms with Gasteiger partial charge in [-0.2, -0.15) is 0 Å². The molecule has 2 aliphatic carbocycles. The lowest BCUT2D eigenvalue weighted by Crippen LogP contribution is -2.25. The van der Waals surface area contributed by atoms with Crippen molar-refractivity contribution in [2.75, 3.05) is 0 Å². The van der Waals surface area contributed by atoms with E-state index in [2.05, 4.69) is 33.1 Å². The van der Waals surface area contributed by atoms with Crippen molar-refractivity contribution in [2.45, 2.75) is 105 Å². The standard InChI is InChI=1S/C18H32.C8H8F2.C4H8/c1-3-5-15-7-11-17(12-8-15)18-13-9-16(6-4-2)10-14-18;1-5-3-4-6(2)8(10)7(5)9;1-3-4-2/h3,15-18H,1,4-14H2,2H3;3-4H,1-2H3;3H,1,4H2,2H3. The minimum atomic E-state index is -0.736. The minimum absolute atomic E-state index is 0.350. The fourth-order valence-corrected chi connectivity index (χ4v) is 5.23. The highest BCUT2D eigenvalue weighted by molar-refractivity contribution is 5.23. The van der Waals surface area contributed by atoms with Gasteiger partial charge < -0.3 is 0 Å². The van der Waals surface area contributed by atoms with Crippen LogP contribution in [0.15, 0.2) is 37.4 Å². The highest BCUT2D eigenvalue weighted by Crippen LogP contribution is 2.42. The van der Waals surface area contributed by atoms with E-state index in [1.807, 2.05) is 6.08 Å². The molecule has 0 atom stereocenters. The van der Waals surface area contributed by atoms with E-state index in [0.717, 1.165) is 30.1 Å². The van der Waals surface area contributed by atoms with Crippen LogP contribution < -0.4 is 0 Å². The summed E-state index contributed by atoms with van der Waals surface area (Å²) >= 11 is 0. The highest BCUT2D eigenvalue weighted by Gasteiger charge is 2.30. The summed E-state index contributed by atoms with van der Waals surface area (Å²) in [4.78, 5) is 0. The van der Waals surface area contributed by atoms with Gasteiger partial charge in [0.1, 0.15) is 0 Å². The molecule has 0 saturated heterocycles. The number of hydrogen-bond acceptors (Lipinski definition) is 0. The molecule has 0 radical (unpaired) electrons. The first-order valence-corrected chi connectivity index (χ1v) is 13.0. The topological polar surface area (TPSA) is 0 Å². The van der Waals surface area contributed by atoms with E-state index in [0.29, 0.717) is 11.1 Å². The molecule has 0 spiro atoms. The minimum Gasteiger partial charge on any atom is -0.203 e. The maximum absolute atomic E-state index is 12.6. The third kappa shape index (κ3) is 10.0. The number of halogens is 2. The van der Waals surface area contributed by atoms with Gasteiger partial charge in [0, 0.05) is 0 Å². The van der Waals surface area contributed by atoms with Crippen LogP contribution in [0.25, 0.3) is 0 Å². The Balaban J connectivity index is 0.000000307. The van der Waals surface area contributed by atoms with E-state index in [9.17, 15) is 8.78 Å². The summed E-state index contributed by atoms with van der Waals surface area (Å²) in [6, 6.07) is 3.13. The second kappa shape index (κ2) is 16.2. The molecule has 3 rings (SSSR count). The average molecular weight is 447 g/mol. The lowest BCUT2D eigenvalue weighted by Gasteiger charge is -2.37. The Morgan fingerprint density at radius 1 is 0.750 bits per heavy atom. The van der Waals surface area contributed by atoms with Gasteiger partial charge in [-0.25, -0.2) is 8.78 Å². The fourth-order valence-electron chi connectivity index (χ4n) is 5.23. The smallest absolute Gasteiger partial charge is 0.161 e. The first-order chi connectivity index (χ1) is 15.4. The zero-order chi connectivity index (χ0) is 23.9. The Morgan fingerprint density at radius 3 is 1.50 bits per heavy atom. The summed E-state index contributed by atoms with van der Waals surface area (Å²) in [7, 11) is 0. The Bertz CT molecular complexity index is 620. The van der Waals surface area contributed by atoms with Crippen molar-refractivity contribution in [2.24, 2.45) is 23.7 Å². The van der Waals surface area contributed by atoms with Crippen LogP contribution in [-0.2, 0) is 0 Å². The van der Waals surface area contributed by atoms with E-state index < -0.39 is 11.6 Å². The molecule has 32 heavy (non-hydrogen) atoms.